The molecule has 1 aromatic heterocycles. The zero-order valence-electron chi connectivity index (χ0n) is 14.0. The molecule has 134 valence electrons. The predicted octanol–water partition coefficient (Wildman–Crippen LogP) is 2.36. The molecule has 1 aliphatic rings. The van der Waals surface area contributed by atoms with Crippen molar-refractivity contribution in [2.75, 3.05) is 19.6 Å². The van der Waals surface area contributed by atoms with Gasteiger partial charge < -0.3 is 11.1 Å². The molecule has 0 atom stereocenters. The number of rotatable bonds is 5. The minimum absolute atomic E-state index is 0. The molecule has 2 heterocycles. The first kappa shape index (κ1) is 22.6. The summed E-state index contributed by atoms with van der Waals surface area (Å²) in [5.74, 6) is 0.276. The van der Waals surface area contributed by atoms with E-state index in [1.165, 1.54) is 0 Å². The van der Waals surface area contributed by atoms with Crippen molar-refractivity contribution in [1.82, 2.24) is 15.2 Å². The Morgan fingerprint density at radius 3 is 2.52 bits per heavy atom. The summed E-state index contributed by atoms with van der Waals surface area (Å²) < 4.78 is 0. The largest absolute Gasteiger partial charge is 0.354 e. The van der Waals surface area contributed by atoms with E-state index in [2.05, 4.69) is 20.6 Å². The molecule has 0 saturated carbocycles. The third-order valence-corrected chi connectivity index (χ3v) is 4.55. The lowest BCUT2D eigenvalue weighted by Gasteiger charge is -2.31. The number of nitrogens with zero attached hydrogens (tertiary/aromatic N) is 2. The molecule has 1 fully saturated rings. The molecular formula is C15H28Cl2N4OS. The van der Waals surface area contributed by atoms with Crippen LogP contribution in [0, 0.1) is 12.8 Å². The normalized spacial score (nSPS) is 16.3. The Kier molecular flexibility index (Phi) is 9.62. The van der Waals surface area contributed by atoms with E-state index < -0.39 is 0 Å². The topological polar surface area (TPSA) is 71.2 Å². The lowest BCUT2D eigenvalue weighted by Crippen LogP contribution is -2.48. The summed E-state index contributed by atoms with van der Waals surface area (Å²) in [5.41, 5.74) is 6.69. The average molecular weight is 383 g/mol. The van der Waals surface area contributed by atoms with Gasteiger partial charge in [0.05, 0.1) is 10.7 Å². The second kappa shape index (κ2) is 9.79. The second-order valence-electron chi connectivity index (χ2n) is 6.61. The van der Waals surface area contributed by atoms with Crippen LogP contribution >= 0.6 is 36.2 Å². The molecule has 23 heavy (non-hydrogen) atoms. The highest BCUT2D eigenvalue weighted by Crippen LogP contribution is 2.20. The Morgan fingerprint density at radius 2 is 2.04 bits per heavy atom. The maximum Gasteiger partial charge on any atom is 0.223 e. The quantitative estimate of drug-likeness (QED) is 0.819. The highest BCUT2D eigenvalue weighted by molar-refractivity contribution is 7.09. The molecule has 1 amide bonds. The van der Waals surface area contributed by atoms with Gasteiger partial charge in [0.25, 0.3) is 0 Å². The van der Waals surface area contributed by atoms with Crippen molar-refractivity contribution in [2.45, 2.75) is 45.7 Å². The highest BCUT2D eigenvalue weighted by atomic mass is 35.5. The molecule has 0 radical (unpaired) electrons. The van der Waals surface area contributed by atoms with Gasteiger partial charge in [-0.05, 0) is 46.7 Å². The summed E-state index contributed by atoms with van der Waals surface area (Å²) >= 11 is 1.69. The van der Waals surface area contributed by atoms with Gasteiger partial charge in [-0.3, -0.25) is 9.69 Å². The van der Waals surface area contributed by atoms with E-state index in [0.717, 1.165) is 43.2 Å². The van der Waals surface area contributed by atoms with Crippen molar-refractivity contribution < 1.29 is 4.79 Å². The number of halogens is 2. The van der Waals surface area contributed by atoms with Gasteiger partial charge in [0.15, 0.2) is 0 Å². The third-order valence-electron chi connectivity index (χ3n) is 3.73. The van der Waals surface area contributed by atoms with Crippen LogP contribution in [-0.4, -0.2) is 41.0 Å². The van der Waals surface area contributed by atoms with E-state index in [9.17, 15) is 4.79 Å². The van der Waals surface area contributed by atoms with Gasteiger partial charge in [-0.15, -0.1) is 36.2 Å². The van der Waals surface area contributed by atoms with Crippen molar-refractivity contribution in [3.05, 3.63) is 16.1 Å². The maximum absolute atomic E-state index is 12.1. The fourth-order valence-electron chi connectivity index (χ4n) is 2.52. The minimum Gasteiger partial charge on any atom is -0.354 e. The fraction of sp³-hybridized carbons (Fsp3) is 0.733. The minimum atomic E-state index is -0.348. The fourth-order valence-corrected chi connectivity index (χ4v) is 3.13. The van der Waals surface area contributed by atoms with Crippen LogP contribution in [0.15, 0.2) is 5.38 Å². The third kappa shape index (κ3) is 7.81. The van der Waals surface area contributed by atoms with Crippen LogP contribution in [0.3, 0.4) is 0 Å². The Bertz CT molecular complexity index is 482. The molecule has 0 bridgehead atoms. The van der Waals surface area contributed by atoms with E-state index in [1.807, 2.05) is 20.8 Å². The Morgan fingerprint density at radius 1 is 1.43 bits per heavy atom. The van der Waals surface area contributed by atoms with Gasteiger partial charge in [0.2, 0.25) is 5.91 Å². The number of thiazole rings is 1. The van der Waals surface area contributed by atoms with Crippen molar-refractivity contribution in [2.24, 2.45) is 11.7 Å². The molecule has 8 heteroatoms. The number of nitrogens with two attached hydrogens (primary N) is 1. The smallest absolute Gasteiger partial charge is 0.223 e. The molecule has 1 aliphatic heterocycles. The Hall–Kier alpha value is -0.400. The summed E-state index contributed by atoms with van der Waals surface area (Å²) in [4.78, 5) is 19.0. The molecule has 0 spiro atoms. The van der Waals surface area contributed by atoms with Gasteiger partial charge in [-0.25, -0.2) is 4.98 Å². The number of hydrogen-bond acceptors (Lipinski definition) is 5. The van der Waals surface area contributed by atoms with Gasteiger partial charge >= 0.3 is 0 Å². The van der Waals surface area contributed by atoms with Gasteiger partial charge in [0.1, 0.15) is 0 Å². The summed E-state index contributed by atoms with van der Waals surface area (Å²) in [7, 11) is 0. The number of carbonyl (C=O) groups is 1. The zero-order chi connectivity index (χ0) is 15.5. The number of likely N-dealkylation sites (tertiary alicyclic amines) is 1. The molecule has 1 aromatic rings. The predicted molar refractivity (Wildman–Crippen MR) is 101 cm³/mol. The first-order chi connectivity index (χ1) is 9.83. The standard InChI is InChI=1S/C15H26N4OS.2ClH/c1-11-18-13(9-21-11)8-19-6-4-12(5-7-19)14(20)17-10-15(2,3)16;;/h9,12H,4-8,10,16H2,1-3H3,(H,17,20);2*1H. The van der Waals surface area contributed by atoms with Crippen LogP contribution in [0.25, 0.3) is 0 Å². The highest BCUT2D eigenvalue weighted by Gasteiger charge is 2.26. The van der Waals surface area contributed by atoms with Crippen molar-refractivity contribution in [1.29, 1.82) is 0 Å². The number of hydrogen-bond donors (Lipinski definition) is 2. The summed E-state index contributed by atoms with van der Waals surface area (Å²) in [6, 6.07) is 0. The van der Waals surface area contributed by atoms with Crippen LogP contribution < -0.4 is 11.1 Å². The van der Waals surface area contributed by atoms with Crippen molar-refractivity contribution in [3.8, 4) is 0 Å². The number of aryl methyl sites for hydroxylation is 1. The van der Waals surface area contributed by atoms with Crippen molar-refractivity contribution in [3.63, 3.8) is 0 Å². The van der Waals surface area contributed by atoms with E-state index >= 15 is 0 Å². The van der Waals surface area contributed by atoms with E-state index in [0.29, 0.717) is 6.54 Å². The molecule has 2 rings (SSSR count). The summed E-state index contributed by atoms with van der Waals surface area (Å²) in [5, 5.41) is 6.20. The first-order valence-electron chi connectivity index (χ1n) is 7.53. The summed E-state index contributed by atoms with van der Waals surface area (Å²) in [6.07, 6.45) is 1.83. The summed E-state index contributed by atoms with van der Waals surface area (Å²) in [6.45, 7) is 9.22. The second-order valence-corrected chi connectivity index (χ2v) is 7.68. The van der Waals surface area contributed by atoms with Gasteiger partial charge in [0, 0.05) is 29.9 Å². The lowest BCUT2D eigenvalue weighted by molar-refractivity contribution is -0.126. The van der Waals surface area contributed by atoms with Gasteiger partial charge in [-0.2, -0.15) is 0 Å². The monoisotopic (exact) mass is 382 g/mol. The zero-order valence-corrected chi connectivity index (χ0v) is 16.5. The van der Waals surface area contributed by atoms with E-state index in [1.54, 1.807) is 11.3 Å². The number of piperidine rings is 1. The number of nitrogens with one attached hydrogen (secondary N) is 1. The molecule has 0 aromatic carbocycles. The van der Waals surface area contributed by atoms with E-state index in [4.69, 9.17) is 5.73 Å². The molecule has 1 saturated heterocycles. The number of amides is 1. The first-order valence-corrected chi connectivity index (χ1v) is 8.41. The Labute approximate surface area is 155 Å². The molecule has 0 aliphatic carbocycles. The van der Waals surface area contributed by atoms with Crippen LogP contribution in [0.4, 0.5) is 0 Å². The lowest BCUT2D eigenvalue weighted by atomic mass is 9.95. The van der Waals surface area contributed by atoms with Crippen LogP contribution in [0.5, 0.6) is 0 Å². The maximum atomic E-state index is 12.1. The molecule has 5 nitrogen and oxygen atoms in total. The number of aromatic nitrogens is 1. The van der Waals surface area contributed by atoms with E-state index in [-0.39, 0.29) is 42.2 Å². The molecular weight excluding hydrogens is 355 g/mol. The number of carbonyl (C=O) groups excluding carboxylic acids is 1. The van der Waals surface area contributed by atoms with Crippen LogP contribution in [0.1, 0.15) is 37.4 Å². The average Bonchev–Trinajstić information content (AvgIpc) is 2.81. The Balaban J connectivity index is 0.00000242. The SMILES string of the molecule is Cc1nc(CN2CCC(C(=O)NCC(C)(C)N)CC2)cs1.Cl.Cl. The van der Waals surface area contributed by atoms with Crippen LogP contribution in [-0.2, 0) is 11.3 Å². The van der Waals surface area contributed by atoms with Crippen LogP contribution in [0.2, 0.25) is 0 Å². The molecule has 0 unspecified atom stereocenters. The molecule has 3 N–H and O–H groups in total. The van der Waals surface area contributed by atoms with Crippen molar-refractivity contribution >= 4 is 42.1 Å². The van der Waals surface area contributed by atoms with Gasteiger partial charge in [-0.1, -0.05) is 0 Å².